The predicted octanol–water partition coefficient (Wildman–Crippen LogP) is 2.57. The van der Waals surface area contributed by atoms with E-state index in [4.69, 9.17) is 10.2 Å². The van der Waals surface area contributed by atoms with Crippen molar-refractivity contribution in [1.82, 2.24) is 24.7 Å². The maximum atomic E-state index is 4.81. The van der Waals surface area contributed by atoms with Gasteiger partial charge in [-0.3, -0.25) is 14.7 Å². The van der Waals surface area contributed by atoms with Crippen LogP contribution >= 0.6 is 0 Å². The fourth-order valence-electron chi connectivity index (χ4n) is 3.17. The highest BCUT2D eigenvalue weighted by Gasteiger charge is 2.13. The zero-order valence-corrected chi connectivity index (χ0v) is 15.6. The van der Waals surface area contributed by atoms with Crippen LogP contribution in [-0.2, 0) is 6.54 Å². The van der Waals surface area contributed by atoms with Crippen LogP contribution in [0.1, 0.15) is 11.1 Å². The van der Waals surface area contributed by atoms with Gasteiger partial charge in [-0.25, -0.2) is 0 Å². The maximum absolute atomic E-state index is 4.81. The first-order valence-corrected chi connectivity index (χ1v) is 9.27. The maximum Gasteiger partial charge on any atom is 0.103 e. The molecule has 1 aliphatic heterocycles. The average molecular weight is 360 g/mol. The molecule has 0 amide bonds. The number of piperazine rings is 1. The Hall–Kier alpha value is -2.99. The molecular formula is C21H24N6. The molecule has 3 heterocycles. The highest BCUT2D eigenvalue weighted by atomic mass is 15.5. The summed E-state index contributed by atoms with van der Waals surface area (Å²) < 4.78 is 1.98. The fourth-order valence-corrected chi connectivity index (χ4v) is 3.17. The molecule has 1 saturated heterocycles. The van der Waals surface area contributed by atoms with Gasteiger partial charge in [-0.15, -0.1) is 0 Å². The lowest BCUT2D eigenvalue weighted by Crippen LogP contribution is -2.41. The monoisotopic (exact) mass is 360 g/mol. The van der Waals surface area contributed by atoms with Gasteiger partial charge in [0.2, 0.25) is 0 Å². The number of hydrazone groups is 1. The summed E-state index contributed by atoms with van der Waals surface area (Å²) in [4.78, 5) is 6.57. The van der Waals surface area contributed by atoms with Crippen molar-refractivity contribution in [3.05, 3.63) is 72.2 Å². The Balaban J connectivity index is 1.60. The minimum atomic E-state index is 0.733. The molecule has 1 fully saturated rings. The zero-order valence-electron chi connectivity index (χ0n) is 15.6. The van der Waals surface area contributed by atoms with E-state index in [-0.39, 0.29) is 0 Å². The first-order chi connectivity index (χ1) is 13.3. The number of pyridine rings is 1. The molecule has 0 atom stereocenters. The van der Waals surface area contributed by atoms with Crippen LogP contribution in [0.5, 0.6) is 0 Å². The molecule has 3 aromatic rings. The lowest BCUT2D eigenvalue weighted by atomic mass is 10.1. The second-order valence-electron chi connectivity index (χ2n) is 6.86. The van der Waals surface area contributed by atoms with E-state index in [1.807, 2.05) is 35.3 Å². The standard InChI is InChI=1S/C21H24N6/c1-25-10-12-26(13-11-25)23-15-20-17-27(16-18-6-3-2-4-7-18)24-21(20)19-8-5-9-22-14-19/h2-9,14-15,17H,10-13,16H2,1H3/b23-15+. The molecule has 4 rings (SSSR count). The molecule has 0 unspecified atom stereocenters. The van der Waals surface area contributed by atoms with Crippen molar-refractivity contribution < 1.29 is 0 Å². The summed E-state index contributed by atoms with van der Waals surface area (Å²) >= 11 is 0. The zero-order chi connectivity index (χ0) is 18.5. The van der Waals surface area contributed by atoms with Crippen LogP contribution in [0.3, 0.4) is 0 Å². The topological polar surface area (TPSA) is 49.5 Å². The van der Waals surface area contributed by atoms with Crippen LogP contribution < -0.4 is 0 Å². The average Bonchev–Trinajstić information content (AvgIpc) is 3.12. The number of nitrogens with zero attached hydrogens (tertiary/aromatic N) is 6. The van der Waals surface area contributed by atoms with Crippen LogP contribution in [0.15, 0.2) is 66.2 Å². The molecule has 0 radical (unpaired) electrons. The van der Waals surface area contributed by atoms with Crippen LogP contribution in [0, 0.1) is 0 Å². The fraction of sp³-hybridized carbons (Fsp3) is 0.286. The Bertz CT molecular complexity index is 880. The van der Waals surface area contributed by atoms with Crippen molar-refractivity contribution in [1.29, 1.82) is 0 Å². The van der Waals surface area contributed by atoms with Crippen LogP contribution in [0.2, 0.25) is 0 Å². The second-order valence-corrected chi connectivity index (χ2v) is 6.86. The van der Waals surface area contributed by atoms with Crippen LogP contribution in [0.25, 0.3) is 11.3 Å². The van der Waals surface area contributed by atoms with Crippen molar-refractivity contribution >= 4 is 6.21 Å². The Kier molecular flexibility index (Phi) is 5.25. The summed E-state index contributed by atoms with van der Waals surface area (Å²) in [7, 11) is 2.15. The van der Waals surface area contributed by atoms with Gasteiger partial charge in [0.05, 0.1) is 12.8 Å². The van der Waals surface area contributed by atoms with Crippen molar-refractivity contribution in [2.75, 3.05) is 33.2 Å². The van der Waals surface area contributed by atoms with E-state index in [0.717, 1.165) is 49.5 Å². The Morgan fingerprint density at radius 3 is 2.59 bits per heavy atom. The van der Waals surface area contributed by atoms with Gasteiger partial charge in [0.1, 0.15) is 5.69 Å². The number of benzene rings is 1. The van der Waals surface area contributed by atoms with Crippen molar-refractivity contribution in [3.63, 3.8) is 0 Å². The summed E-state index contributed by atoms with van der Waals surface area (Å²) in [6.45, 7) is 4.72. The summed E-state index contributed by atoms with van der Waals surface area (Å²) in [5.74, 6) is 0. The molecule has 2 aromatic heterocycles. The third-order valence-corrected chi connectivity index (χ3v) is 4.75. The minimum absolute atomic E-state index is 0.733. The predicted molar refractivity (Wildman–Crippen MR) is 108 cm³/mol. The Morgan fingerprint density at radius 1 is 1.04 bits per heavy atom. The molecule has 0 aliphatic carbocycles. The Labute approximate surface area is 159 Å². The van der Waals surface area contributed by atoms with E-state index in [0.29, 0.717) is 0 Å². The van der Waals surface area contributed by atoms with Gasteiger partial charge < -0.3 is 4.90 Å². The Morgan fingerprint density at radius 2 is 1.85 bits per heavy atom. The highest BCUT2D eigenvalue weighted by molar-refractivity contribution is 5.88. The molecule has 6 heteroatoms. The molecule has 27 heavy (non-hydrogen) atoms. The first-order valence-electron chi connectivity index (χ1n) is 9.27. The van der Waals surface area contributed by atoms with E-state index in [9.17, 15) is 0 Å². The van der Waals surface area contributed by atoms with Crippen molar-refractivity contribution in [2.45, 2.75) is 6.54 Å². The summed E-state index contributed by atoms with van der Waals surface area (Å²) in [6, 6.07) is 14.3. The number of hydrogen-bond donors (Lipinski definition) is 0. The number of likely N-dealkylation sites (N-methyl/N-ethyl adjacent to an activating group) is 1. The number of hydrogen-bond acceptors (Lipinski definition) is 5. The van der Waals surface area contributed by atoms with E-state index < -0.39 is 0 Å². The van der Waals surface area contributed by atoms with Gasteiger partial charge in [-0.05, 0) is 24.7 Å². The lowest BCUT2D eigenvalue weighted by Gasteiger charge is -2.30. The largest absolute Gasteiger partial charge is 0.303 e. The molecule has 138 valence electrons. The molecule has 6 nitrogen and oxygen atoms in total. The van der Waals surface area contributed by atoms with E-state index in [1.165, 1.54) is 5.56 Å². The van der Waals surface area contributed by atoms with Crippen molar-refractivity contribution in [3.8, 4) is 11.3 Å². The summed E-state index contributed by atoms with van der Waals surface area (Å²) in [6.07, 6.45) is 7.63. The van der Waals surface area contributed by atoms with E-state index >= 15 is 0 Å². The van der Waals surface area contributed by atoms with Crippen molar-refractivity contribution in [2.24, 2.45) is 5.10 Å². The molecule has 0 bridgehead atoms. The van der Waals surface area contributed by atoms with Gasteiger partial charge in [-0.1, -0.05) is 30.3 Å². The second kappa shape index (κ2) is 8.14. The van der Waals surface area contributed by atoms with Gasteiger partial charge in [0, 0.05) is 55.9 Å². The van der Waals surface area contributed by atoms with Gasteiger partial charge >= 0.3 is 0 Å². The summed E-state index contributed by atoms with van der Waals surface area (Å²) in [5, 5.41) is 11.6. The molecule has 1 aromatic carbocycles. The normalized spacial score (nSPS) is 15.5. The van der Waals surface area contributed by atoms with Crippen LogP contribution in [0.4, 0.5) is 0 Å². The third-order valence-electron chi connectivity index (χ3n) is 4.75. The highest BCUT2D eigenvalue weighted by Crippen LogP contribution is 2.20. The summed E-state index contributed by atoms with van der Waals surface area (Å²) in [5.41, 5.74) is 4.15. The molecule has 0 saturated carbocycles. The van der Waals surface area contributed by atoms with Crippen LogP contribution in [-0.4, -0.2) is 64.1 Å². The van der Waals surface area contributed by atoms with E-state index in [2.05, 4.69) is 52.4 Å². The quantitative estimate of drug-likeness (QED) is 0.656. The van der Waals surface area contributed by atoms with Gasteiger partial charge in [0.15, 0.2) is 0 Å². The van der Waals surface area contributed by atoms with Gasteiger partial charge in [0.25, 0.3) is 0 Å². The first kappa shape index (κ1) is 17.4. The molecule has 0 spiro atoms. The number of rotatable bonds is 5. The molecular weight excluding hydrogens is 336 g/mol. The van der Waals surface area contributed by atoms with E-state index in [1.54, 1.807) is 6.20 Å². The minimum Gasteiger partial charge on any atom is -0.303 e. The SMILES string of the molecule is CN1CCN(/N=C/c2cn(Cc3ccccc3)nc2-c2cccnc2)CC1. The lowest BCUT2D eigenvalue weighted by molar-refractivity contribution is 0.159. The smallest absolute Gasteiger partial charge is 0.103 e. The molecule has 1 aliphatic rings. The number of aromatic nitrogens is 3. The van der Waals surface area contributed by atoms with Gasteiger partial charge in [-0.2, -0.15) is 10.2 Å². The molecule has 0 N–H and O–H groups in total. The third kappa shape index (κ3) is 4.41.